The van der Waals surface area contributed by atoms with Crippen LogP contribution < -0.4 is 4.74 Å². The van der Waals surface area contributed by atoms with Gasteiger partial charge < -0.3 is 9.84 Å². The molecule has 0 saturated heterocycles. The zero-order chi connectivity index (χ0) is 12.4. The Morgan fingerprint density at radius 2 is 2.29 bits per heavy atom. The second-order valence-electron chi connectivity index (χ2n) is 4.79. The van der Waals surface area contributed by atoms with Crippen molar-refractivity contribution in [3.63, 3.8) is 0 Å². The van der Waals surface area contributed by atoms with Crippen molar-refractivity contribution in [1.29, 1.82) is 0 Å². The largest absolute Gasteiger partial charge is 0.496 e. The summed E-state index contributed by atoms with van der Waals surface area (Å²) in [7, 11) is 1.67. The molecule has 3 heteroatoms. The first-order valence-electron chi connectivity index (χ1n) is 5.98. The molecule has 1 aromatic rings. The molecule has 1 aromatic carbocycles. The molecule has 1 fully saturated rings. The van der Waals surface area contributed by atoms with Crippen LogP contribution in [0.25, 0.3) is 0 Å². The maximum Gasteiger partial charge on any atom is 0.306 e. The Hall–Kier alpha value is -1.51. The number of hydrogen-bond donors (Lipinski definition) is 1. The summed E-state index contributed by atoms with van der Waals surface area (Å²) < 4.78 is 5.31. The third-order valence-electron chi connectivity index (χ3n) is 3.46. The van der Waals surface area contributed by atoms with Crippen LogP contribution in [0.4, 0.5) is 0 Å². The van der Waals surface area contributed by atoms with Gasteiger partial charge in [-0.25, -0.2) is 0 Å². The molecule has 0 amide bonds. The first-order chi connectivity index (χ1) is 8.11. The third-order valence-corrected chi connectivity index (χ3v) is 3.46. The van der Waals surface area contributed by atoms with Crippen molar-refractivity contribution in [1.82, 2.24) is 0 Å². The predicted octanol–water partition coefficient (Wildman–Crippen LogP) is 2.66. The molecule has 2 unspecified atom stereocenters. The van der Waals surface area contributed by atoms with Gasteiger partial charge in [-0.1, -0.05) is 17.7 Å². The topological polar surface area (TPSA) is 46.5 Å². The summed E-state index contributed by atoms with van der Waals surface area (Å²) >= 11 is 0. The summed E-state index contributed by atoms with van der Waals surface area (Å²) in [4.78, 5) is 10.7. The molecule has 3 nitrogen and oxygen atoms in total. The zero-order valence-corrected chi connectivity index (χ0v) is 10.3. The number of carboxylic acids is 1. The average molecular weight is 234 g/mol. The number of carboxylic acid groups (broad SMARTS) is 1. The Kier molecular flexibility index (Phi) is 3.36. The maximum atomic E-state index is 10.7. The predicted molar refractivity (Wildman–Crippen MR) is 65.3 cm³/mol. The first-order valence-corrected chi connectivity index (χ1v) is 5.98. The number of hydrogen-bond acceptors (Lipinski definition) is 2. The first kappa shape index (κ1) is 12.0. The van der Waals surface area contributed by atoms with Gasteiger partial charge in [0.05, 0.1) is 13.0 Å². The fourth-order valence-electron chi connectivity index (χ4n) is 2.31. The Bertz CT molecular complexity index is 425. The van der Waals surface area contributed by atoms with Gasteiger partial charge in [-0.3, -0.25) is 4.79 Å². The molecule has 0 aromatic heterocycles. The highest BCUT2D eigenvalue weighted by atomic mass is 16.5. The fraction of sp³-hybridized carbons (Fsp3) is 0.500. The number of methoxy groups -OCH3 is 1. The van der Waals surface area contributed by atoms with Gasteiger partial charge in [0.2, 0.25) is 0 Å². The third kappa shape index (κ3) is 2.78. The highest BCUT2D eigenvalue weighted by molar-refractivity contribution is 5.73. The summed E-state index contributed by atoms with van der Waals surface area (Å²) in [6, 6.07) is 6.13. The monoisotopic (exact) mass is 234 g/mol. The SMILES string of the molecule is COc1ccc(C)cc1CCC1CC1C(=O)O. The van der Waals surface area contributed by atoms with Crippen molar-refractivity contribution in [3.8, 4) is 5.75 Å². The zero-order valence-electron chi connectivity index (χ0n) is 10.3. The number of benzene rings is 1. The van der Waals surface area contributed by atoms with Gasteiger partial charge in [0.25, 0.3) is 0 Å². The van der Waals surface area contributed by atoms with E-state index in [9.17, 15) is 4.79 Å². The maximum absolute atomic E-state index is 10.7. The minimum Gasteiger partial charge on any atom is -0.496 e. The smallest absolute Gasteiger partial charge is 0.306 e. The van der Waals surface area contributed by atoms with E-state index in [4.69, 9.17) is 9.84 Å². The summed E-state index contributed by atoms with van der Waals surface area (Å²) in [5, 5.41) is 8.84. The molecular weight excluding hydrogens is 216 g/mol. The van der Waals surface area contributed by atoms with E-state index >= 15 is 0 Å². The van der Waals surface area contributed by atoms with Crippen molar-refractivity contribution in [3.05, 3.63) is 29.3 Å². The van der Waals surface area contributed by atoms with E-state index in [1.807, 2.05) is 12.1 Å². The van der Waals surface area contributed by atoms with Crippen molar-refractivity contribution in [2.45, 2.75) is 26.2 Å². The average Bonchev–Trinajstić information content (AvgIpc) is 3.06. The highest BCUT2D eigenvalue weighted by Gasteiger charge is 2.42. The van der Waals surface area contributed by atoms with Gasteiger partial charge in [0, 0.05) is 0 Å². The van der Waals surface area contributed by atoms with E-state index in [0.717, 1.165) is 25.0 Å². The van der Waals surface area contributed by atoms with Crippen LogP contribution in [-0.2, 0) is 11.2 Å². The van der Waals surface area contributed by atoms with E-state index in [1.54, 1.807) is 7.11 Å². The van der Waals surface area contributed by atoms with Crippen molar-refractivity contribution >= 4 is 5.97 Å². The van der Waals surface area contributed by atoms with E-state index in [0.29, 0.717) is 5.92 Å². The lowest BCUT2D eigenvalue weighted by atomic mass is 10.0. The minimum absolute atomic E-state index is 0.106. The van der Waals surface area contributed by atoms with Gasteiger partial charge in [-0.2, -0.15) is 0 Å². The van der Waals surface area contributed by atoms with Crippen LogP contribution in [0.5, 0.6) is 5.75 Å². The van der Waals surface area contributed by atoms with Gasteiger partial charge in [-0.05, 0) is 43.7 Å². The lowest BCUT2D eigenvalue weighted by molar-refractivity contribution is -0.138. The Morgan fingerprint density at radius 1 is 1.53 bits per heavy atom. The van der Waals surface area contributed by atoms with Gasteiger partial charge in [0.15, 0.2) is 0 Å². The molecule has 1 N–H and O–H groups in total. The van der Waals surface area contributed by atoms with Crippen LogP contribution in [0, 0.1) is 18.8 Å². The van der Waals surface area contributed by atoms with Crippen molar-refractivity contribution in [2.24, 2.45) is 11.8 Å². The van der Waals surface area contributed by atoms with Gasteiger partial charge in [-0.15, -0.1) is 0 Å². The molecule has 17 heavy (non-hydrogen) atoms. The van der Waals surface area contributed by atoms with E-state index in [1.165, 1.54) is 11.1 Å². The van der Waals surface area contributed by atoms with Crippen LogP contribution >= 0.6 is 0 Å². The summed E-state index contributed by atoms with van der Waals surface area (Å²) in [5.74, 6) is 0.512. The molecule has 92 valence electrons. The Morgan fingerprint density at radius 3 is 2.88 bits per heavy atom. The number of carbonyl (C=O) groups is 1. The molecule has 0 spiro atoms. The van der Waals surface area contributed by atoms with Crippen LogP contribution in [0.2, 0.25) is 0 Å². The molecule has 0 heterocycles. The van der Waals surface area contributed by atoms with E-state index in [2.05, 4.69) is 13.0 Å². The molecule has 1 aliphatic carbocycles. The number of aryl methyl sites for hydroxylation is 2. The summed E-state index contributed by atoms with van der Waals surface area (Å²) in [6.07, 6.45) is 2.68. The van der Waals surface area contributed by atoms with Crippen molar-refractivity contribution < 1.29 is 14.6 Å². The van der Waals surface area contributed by atoms with Crippen molar-refractivity contribution in [2.75, 3.05) is 7.11 Å². The summed E-state index contributed by atoms with van der Waals surface area (Å²) in [5.41, 5.74) is 2.40. The second kappa shape index (κ2) is 4.78. The minimum atomic E-state index is -0.647. The molecular formula is C14H18O3. The quantitative estimate of drug-likeness (QED) is 0.852. The Labute approximate surface area is 101 Å². The van der Waals surface area contributed by atoms with E-state index in [-0.39, 0.29) is 5.92 Å². The fourth-order valence-corrected chi connectivity index (χ4v) is 2.31. The standard InChI is InChI=1S/C14H18O3/c1-9-3-6-13(17-2)11(7-9)5-4-10-8-12(10)14(15)16/h3,6-7,10,12H,4-5,8H2,1-2H3,(H,15,16). The number of aliphatic carboxylic acids is 1. The molecule has 0 aliphatic heterocycles. The van der Waals surface area contributed by atoms with Crippen LogP contribution in [0.3, 0.4) is 0 Å². The van der Waals surface area contributed by atoms with Crippen LogP contribution in [0.1, 0.15) is 24.0 Å². The second-order valence-corrected chi connectivity index (χ2v) is 4.79. The number of ether oxygens (including phenoxy) is 1. The van der Waals surface area contributed by atoms with Crippen LogP contribution in [0.15, 0.2) is 18.2 Å². The molecule has 2 atom stereocenters. The van der Waals surface area contributed by atoms with Gasteiger partial charge in [0.1, 0.15) is 5.75 Å². The molecule has 2 rings (SSSR count). The molecule has 0 bridgehead atoms. The Balaban J connectivity index is 1.95. The summed E-state index contributed by atoms with van der Waals surface area (Å²) in [6.45, 7) is 2.06. The lowest BCUT2D eigenvalue weighted by Gasteiger charge is -2.09. The molecule has 1 aliphatic rings. The normalized spacial score (nSPS) is 22.2. The highest BCUT2D eigenvalue weighted by Crippen LogP contribution is 2.42. The van der Waals surface area contributed by atoms with Gasteiger partial charge >= 0.3 is 5.97 Å². The molecule has 0 radical (unpaired) electrons. The molecule has 1 saturated carbocycles. The lowest BCUT2D eigenvalue weighted by Crippen LogP contribution is -2.01. The van der Waals surface area contributed by atoms with Crippen LogP contribution in [-0.4, -0.2) is 18.2 Å². The van der Waals surface area contributed by atoms with E-state index < -0.39 is 5.97 Å². The number of rotatable bonds is 5.